The molecule has 25 heavy (non-hydrogen) atoms. The Morgan fingerprint density at radius 2 is 1.76 bits per heavy atom. The summed E-state index contributed by atoms with van der Waals surface area (Å²) in [5, 5.41) is 12.3. The Morgan fingerprint density at radius 3 is 2.40 bits per heavy atom. The Balaban J connectivity index is 1.70. The van der Waals surface area contributed by atoms with Gasteiger partial charge in [0.2, 0.25) is 5.82 Å². The Morgan fingerprint density at radius 1 is 1.08 bits per heavy atom. The van der Waals surface area contributed by atoms with E-state index in [4.69, 9.17) is 0 Å². The van der Waals surface area contributed by atoms with E-state index in [1.54, 1.807) is 0 Å². The van der Waals surface area contributed by atoms with Crippen molar-refractivity contribution in [3.8, 4) is 11.4 Å². The van der Waals surface area contributed by atoms with E-state index in [1.165, 1.54) is 15.9 Å². The summed E-state index contributed by atoms with van der Waals surface area (Å²) in [6.45, 7) is 6.45. The van der Waals surface area contributed by atoms with E-state index in [9.17, 15) is 4.79 Å². The molecule has 0 N–H and O–H groups in total. The molecular weight excluding hydrogens is 312 g/mol. The maximum Gasteiger partial charge on any atom is 0.204 e. The molecule has 0 unspecified atom stereocenters. The lowest BCUT2D eigenvalue weighted by atomic mass is 9.97. The minimum Gasteiger partial charge on any atom is -0.292 e. The molecule has 3 rings (SSSR count). The number of nitrogens with zero attached hydrogens (tertiary/aromatic N) is 4. The molecule has 0 saturated heterocycles. The van der Waals surface area contributed by atoms with Crippen LogP contribution in [0.2, 0.25) is 0 Å². The number of benzene rings is 2. The zero-order valence-electron chi connectivity index (χ0n) is 14.8. The fourth-order valence-electron chi connectivity index (χ4n) is 2.58. The average molecular weight is 334 g/mol. The highest BCUT2D eigenvalue weighted by atomic mass is 16.1. The summed E-state index contributed by atoms with van der Waals surface area (Å²) in [7, 11) is 0. The van der Waals surface area contributed by atoms with Crippen LogP contribution in [0, 0.1) is 6.92 Å². The van der Waals surface area contributed by atoms with Gasteiger partial charge < -0.3 is 0 Å². The summed E-state index contributed by atoms with van der Waals surface area (Å²) in [6.07, 6.45) is 1.08. The molecule has 0 aliphatic carbocycles. The first-order valence-electron chi connectivity index (χ1n) is 8.55. The topological polar surface area (TPSA) is 60.7 Å². The molecule has 128 valence electrons. The average Bonchev–Trinajstić information content (AvgIpc) is 3.10. The summed E-state index contributed by atoms with van der Waals surface area (Å²) < 4.78 is 0. The van der Waals surface area contributed by atoms with Crippen LogP contribution in [-0.4, -0.2) is 26.0 Å². The molecule has 0 bridgehead atoms. The molecule has 2 aromatic carbocycles. The second-order valence-electron chi connectivity index (χ2n) is 6.36. The number of ketones is 1. The van der Waals surface area contributed by atoms with Gasteiger partial charge in [-0.1, -0.05) is 67.9 Å². The van der Waals surface area contributed by atoms with Crippen molar-refractivity contribution in [3.63, 3.8) is 0 Å². The molecule has 1 aromatic heterocycles. The molecule has 5 nitrogen and oxygen atoms in total. The van der Waals surface area contributed by atoms with Gasteiger partial charge in [0.15, 0.2) is 5.78 Å². The zero-order chi connectivity index (χ0) is 17.8. The van der Waals surface area contributed by atoms with Crippen molar-refractivity contribution in [3.05, 3.63) is 65.2 Å². The van der Waals surface area contributed by atoms with E-state index in [2.05, 4.69) is 29.3 Å². The highest BCUT2D eigenvalue weighted by molar-refractivity contribution is 5.95. The van der Waals surface area contributed by atoms with Gasteiger partial charge in [-0.3, -0.25) is 4.79 Å². The first-order chi connectivity index (χ1) is 12.1. The third-order valence-corrected chi connectivity index (χ3v) is 4.46. The van der Waals surface area contributed by atoms with Crippen LogP contribution in [0.4, 0.5) is 0 Å². The molecule has 3 aromatic rings. The predicted octanol–water partition coefficient (Wildman–Crippen LogP) is 4.04. The van der Waals surface area contributed by atoms with Gasteiger partial charge in [0, 0.05) is 11.1 Å². The van der Waals surface area contributed by atoms with Crippen LogP contribution < -0.4 is 0 Å². The van der Waals surface area contributed by atoms with Crippen LogP contribution in [0.25, 0.3) is 11.4 Å². The van der Waals surface area contributed by atoms with Gasteiger partial charge in [0.05, 0.1) is 0 Å². The number of hydrogen-bond donors (Lipinski definition) is 0. The van der Waals surface area contributed by atoms with Gasteiger partial charge in [0.1, 0.15) is 6.54 Å². The van der Waals surface area contributed by atoms with Gasteiger partial charge in [-0.2, -0.15) is 4.80 Å². The number of carbonyl (C=O) groups is 1. The Labute approximate surface area is 147 Å². The van der Waals surface area contributed by atoms with E-state index in [1.807, 2.05) is 55.5 Å². The first kappa shape index (κ1) is 17.0. The second kappa shape index (κ2) is 7.38. The zero-order valence-corrected chi connectivity index (χ0v) is 14.8. The summed E-state index contributed by atoms with van der Waals surface area (Å²) in [5.41, 5.74) is 3.98. The molecule has 0 spiro atoms. The van der Waals surface area contributed by atoms with Crippen molar-refractivity contribution in [1.82, 2.24) is 20.2 Å². The van der Waals surface area contributed by atoms with Gasteiger partial charge in [-0.25, -0.2) is 0 Å². The van der Waals surface area contributed by atoms with E-state index in [0.717, 1.165) is 12.0 Å². The van der Waals surface area contributed by atoms with Crippen molar-refractivity contribution in [2.75, 3.05) is 0 Å². The molecule has 0 saturated carbocycles. The Kier molecular flexibility index (Phi) is 5.03. The predicted molar refractivity (Wildman–Crippen MR) is 97.5 cm³/mol. The van der Waals surface area contributed by atoms with Crippen LogP contribution in [-0.2, 0) is 6.54 Å². The minimum absolute atomic E-state index is 0.0245. The van der Waals surface area contributed by atoms with Crippen LogP contribution in [0.15, 0.2) is 48.5 Å². The fourth-order valence-corrected chi connectivity index (χ4v) is 2.58. The number of Topliss-reactive ketones (excluding diaryl/α,β-unsaturated/α-hetero) is 1. The van der Waals surface area contributed by atoms with Crippen LogP contribution in [0.1, 0.15) is 47.7 Å². The molecular formula is C20H22N4O. The van der Waals surface area contributed by atoms with E-state index >= 15 is 0 Å². The monoisotopic (exact) mass is 334 g/mol. The third kappa shape index (κ3) is 3.99. The van der Waals surface area contributed by atoms with Crippen LogP contribution >= 0.6 is 0 Å². The quantitative estimate of drug-likeness (QED) is 0.638. The molecule has 0 aliphatic rings. The summed E-state index contributed by atoms with van der Waals surface area (Å²) in [4.78, 5) is 13.8. The first-order valence-corrected chi connectivity index (χ1v) is 8.55. The number of hydrogen-bond acceptors (Lipinski definition) is 4. The number of carbonyl (C=O) groups excluding carboxylic acids is 1. The second-order valence-corrected chi connectivity index (χ2v) is 6.36. The Bertz CT molecular complexity index is 850. The minimum atomic E-state index is -0.0245. The molecule has 0 aliphatic heterocycles. The van der Waals surface area contributed by atoms with Gasteiger partial charge in [-0.05, 0) is 30.0 Å². The normalized spacial score (nSPS) is 12.1. The van der Waals surface area contributed by atoms with Crippen molar-refractivity contribution >= 4 is 5.78 Å². The van der Waals surface area contributed by atoms with Crippen LogP contribution in [0.5, 0.6) is 0 Å². The maximum absolute atomic E-state index is 12.4. The van der Waals surface area contributed by atoms with Crippen molar-refractivity contribution < 1.29 is 4.79 Å². The molecule has 0 radical (unpaired) electrons. The maximum atomic E-state index is 12.4. The fraction of sp³-hybridized carbons (Fsp3) is 0.300. The molecule has 0 amide bonds. The van der Waals surface area contributed by atoms with Gasteiger partial charge >= 0.3 is 0 Å². The van der Waals surface area contributed by atoms with E-state index < -0.39 is 0 Å². The summed E-state index contributed by atoms with van der Waals surface area (Å²) in [5.74, 6) is 1.00. The van der Waals surface area contributed by atoms with Gasteiger partial charge in [-0.15, -0.1) is 10.2 Å². The van der Waals surface area contributed by atoms with E-state index in [0.29, 0.717) is 17.3 Å². The van der Waals surface area contributed by atoms with Crippen molar-refractivity contribution in [2.24, 2.45) is 0 Å². The number of tetrazole rings is 1. The lowest BCUT2D eigenvalue weighted by Gasteiger charge is -2.09. The SMILES string of the molecule is CC[C@H](C)c1ccc(C(=O)Cn2nnc(-c3ccc(C)cc3)n2)cc1. The summed E-state index contributed by atoms with van der Waals surface area (Å²) >= 11 is 0. The number of aryl methyl sites for hydroxylation is 1. The number of aromatic nitrogens is 4. The lowest BCUT2D eigenvalue weighted by Crippen LogP contribution is -2.13. The smallest absolute Gasteiger partial charge is 0.204 e. The number of rotatable bonds is 6. The van der Waals surface area contributed by atoms with Crippen molar-refractivity contribution in [2.45, 2.75) is 39.7 Å². The molecule has 5 heteroatoms. The highest BCUT2D eigenvalue weighted by Crippen LogP contribution is 2.19. The van der Waals surface area contributed by atoms with Crippen LogP contribution in [0.3, 0.4) is 0 Å². The Hall–Kier alpha value is -2.82. The highest BCUT2D eigenvalue weighted by Gasteiger charge is 2.12. The standard InChI is InChI=1S/C20H22N4O/c1-4-15(3)16-9-11-17(12-10-16)19(25)13-24-22-20(21-23-24)18-7-5-14(2)6-8-18/h5-12,15H,4,13H2,1-3H3/t15-/m0/s1. The summed E-state index contributed by atoms with van der Waals surface area (Å²) in [6, 6.07) is 15.7. The molecule has 1 heterocycles. The lowest BCUT2D eigenvalue weighted by molar-refractivity contribution is 0.0961. The largest absolute Gasteiger partial charge is 0.292 e. The molecule has 1 atom stereocenters. The third-order valence-electron chi connectivity index (χ3n) is 4.46. The van der Waals surface area contributed by atoms with Gasteiger partial charge in [0.25, 0.3) is 0 Å². The molecule has 0 fully saturated rings. The van der Waals surface area contributed by atoms with Crippen molar-refractivity contribution in [1.29, 1.82) is 0 Å². The van der Waals surface area contributed by atoms with E-state index in [-0.39, 0.29) is 12.3 Å².